The summed E-state index contributed by atoms with van der Waals surface area (Å²) in [6.45, 7) is 6.18. The number of fused-ring (bicyclic) bond motifs is 1. The molecule has 3 heterocycles. The number of carbonyl (C=O) groups excluding carboxylic acids is 1. The van der Waals surface area contributed by atoms with Gasteiger partial charge in [0.1, 0.15) is 5.69 Å². The van der Waals surface area contributed by atoms with E-state index in [-0.39, 0.29) is 17.4 Å². The lowest BCUT2D eigenvalue weighted by Crippen LogP contribution is -2.51. The molecule has 0 fully saturated rings. The Hall–Kier alpha value is -3.29. The normalized spacial score (nSPS) is 25.5. The molecule has 2 atom stereocenters. The summed E-state index contributed by atoms with van der Waals surface area (Å²) in [4.78, 5) is 17.1. The van der Waals surface area contributed by atoms with Crippen LogP contribution < -0.4 is 5.32 Å². The van der Waals surface area contributed by atoms with Gasteiger partial charge in [-0.2, -0.15) is 23.4 Å². The third kappa shape index (κ3) is 3.47. The van der Waals surface area contributed by atoms with Gasteiger partial charge in [0.2, 0.25) is 0 Å². The van der Waals surface area contributed by atoms with Gasteiger partial charge < -0.3 is 5.32 Å². The van der Waals surface area contributed by atoms with Crippen LogP contribution in [0, 0.1) is 5.41 Å². The van der Waals surface area contributed by atoms with E-state index in [1.165, 1.54) is 6.20 Å². The zero-order chi connectivity index (χ0) is 24.3. The van der Waals surface area contributed by atoms with Crippen molar-refractivity contribution in [2.24, 2.45) is 15.6 Å². The maximum Gasteiger partial charge on any atom is 0.433 e. The molecule has 2 aliphatic heterocycles. The van der Waals surface area contributed by atoms with Gasteiger partial charge in [0, 0.05) is 29.5 Å². The third-order valence-electron chi connectivity index (χ3n) is 7.05. The summed E-state index contributed by atoms with van der Waals surface area (Å²) >= 11 is 0. The predicted molar refractivity (Wildman–Crippen MR) is 122 cm³/mol. The van der Waals surface area contributed by atoms with Crippen LogP contribution in [0.15, 0.2) is 75.9 Å². The number of rotatable bonds is 3. The van der Waals surface area contributed by atoms with E-state index in [0.717, 1.165) is 28.5 Å². The number of Topliss-reactive ketones (excluding diaryl/α,β-unsaturated/α-hetero) is 1. The second kappa shape index (κ2) is 7.61. The average molecular weight is 467 g/mol. The van der Waals surface area contributed by atoms with Crippen LogP contribution in [-0.2, 0) is 16.4 Å². The van der Waals surface area contributed by atoms with Crippen molar-refractivity contribution in [1.29, 1.82) is 0 Å². The summed E-state index contributed by atoms with van der Waals surface area (Å²) in [5, 5.41) is 11.9. The summed E-state index contributed by atoms with van der Waals surface area (Å²) in [7, 11) is 0. The van der Waals surface area contributed by atoms with Crippen LogP contribution >= 0.6 is 0 Å². The molecule has 176 valence electrons. The van der Waals surface area contributed by atoms with Crippen molar-refractivity contribution in [2.75, 3.05) is 0 Å². The number of halogens is 3. The van der Waals surface area contributed by atoms with Crippen molar-refractivity contribution in [3.05, 3.63) is 76.9 Å². The summed E-state index contributed by atoms with van der Waals surface area (Å²) in [5.74, 6) is 0.0838. The van der Waals surface area contributed by atoms with Gasteiger partial charge >= 0.3 is 6.18 Å². The van der Waals surface area contributed by atoms with Gasteiger partial charge in [-0.3, -0.25) is 9.78 Å². The molecule has 5 nitrogen and oxygen atoms in total. The van der Waals surface area contributed by atoms with Gasteiger partial charge in [-0.15, -0.1) is 0 Å². The number of ketones is 1. The van der Waals surface area contributed by atoms with Crippen molar-refractivity contribution in [3.63, 3.8) is 0 Å². The van der Waals surface area contributed by atoms with Crippen molar-refractivity contribution < 1.29 is 18.0 Å². The van der Waals surface area contributed by atoms with Crippen molar-refractivity contribution >= 4 is 5.78 Å². The number of benzene rings is 1. The van der Waals surface area contributed by atoms with Crippen molar-refractivity contribution in [3.8, 4) is 11.1 Å². The number of hydrogen-bond donors (Lipinski definition) is 1. The van der Waals surface area contributed by atoms with Gasteiger partial charge in [0.15, 0.2) is 11.9 Å². The Kier molecular flexibility index (Phi) is 5.04. The molecule has 0 radical (unpaired) electrons. The van der Waals surface area contributed by atoms with Crippen LogP contribution in [0.2, 0.25) is 0 Å². The third-order valence-corrected chi connectivity index (χ3v) is 7.05. The molecule has 0 saturated heterocycles. The molecular weight excluding hydrogens is 441 g/mol. The number of nitrogens with one attached hydrogen (secondary N) is 1. The van der Waals surface area contributed by atoms with E-state index < -0.39 is 17.3 Å². The minimum atomic E-state index is -4.53. The minimum Gasteiger partial charge on any atom is -0.362 e. The maximum atomic E-state index is 13.6. The Balaban J connectivity index is 1.70. The molecule has 2 unspecified atom stereocenters. The van der Waals surface area contributed by atoms with Gasteiger partial charge in [-0.1, -0.05) is 39.0 Å². The number of aromatic nitrogens is 1. The molecule has 0 spiro atoms. The van der Waals surface area contributed by atoms with Gasteiger partial charge in [-0.05, 0) is 53.1 Å². The fourth-order valence-corrected chi connectivity index (χ4v) is 5.62. The Morgan fingerprint density at radius 3 is 2.62 bits per heavy atom. The Labute approximate surface area is 195 Å². The lowest BCUT2D eigenvalue weighted by molar-refractivity contribution is -0.141. The smallest absolute Gasteiger partial charge is 0.362 e. The standard InChI is InChI=1S/C26H25F3N4O/c1-4-25(17-7-5-6-15(10-17)16-8-9-30-21(11-16)26(27,28)29)18-14-31-33-23(18)32-19-12-24(2,3)13-20(34)22(19)25/h5-11,14,23,32H,4,12-13H2,1-3H3. The molecule has 0 amide bonds. The van der Waals surface area contributed by atoms with Crippen molar-refractivity contribution in [1.82, 2.24) is 10.3 Å². The number of alkyl halides is 3. The van der Waals surface area contributed by atoms with Crippen LogP contribution in [0.3, 0.4) is 0 Å². The second-order valence-electron chi connectivity index (χ2n) is 9.92. The van der Waals surface area contributed by atoms with E-state index in [2.05, 4.69) is 34.4 Å². The largest absolute Gasteiger partial charge is 0.433 e. The molecule has 0 saturated carbocycles. The van der Waals surface area contributed by atoms with Crippen LogP contribution in [-0.4, -0.2) is 16.9 Å². The van der Waals surface area contributed by atoms with Crippen LogP contribution in [0.25, 0.3) is 11.1 Å². The minimum absolute atomic E-state index is 0.0838. The Morgan fingerprint density at radius 1 is 1.12 bits per heavy atom. The summed E-state index contributed by atoms with van der Waals surface area (Å²) in [5.41, 5.74) is 2.55. The first-order chi connectivity index (χ1) is 16.0. The first kappa shape index (κ1) is 22.5. The number of hydrogen-bond acceptors (Lipinski definition) is 5. The van der Waals surface area contributed by atoms with E-state index in [1.54, 1.807) is 18.3 Å². The van der Waals surface area contributed by atoms with Crippen LogP contribution in [0.4, 0.5) is 13.2 Å². The lowest BCUT2D eigenvalue weighted by Gasteiger charge is -2.47. The maximum absolute atomic E-state index is 13.6. The highest BCUT2D eigenvalue weighted by Gasteiger charge is 2.53. The molecule has 0 bridgehead atoms. The average Bonchev–Trinajstić information content (AvgIpc) is 3.25. The monoisotopic (exact) mass is 466 g/mol. The molecule has 2 aromatic rings. The fourth-order valence-electron chi connectivity index (χ4n) is 5.62. The van der Waals surface area contributed by atoms with E-state index in [4.69, 9.17) is 0 Å². The Bertz CT molecular complexity index is 1270. The molecule has 1 aliphatic carbocycles. The quantitative estimate of drug-likeness (QED) is 0.574. The number of nitrogens with zero attached hydrogens (tertiary/aromatic N) is 3. The predicted octanol–water partition coefficient (Wildman–Crippen LogP) is 6.34. The summed E-state index contributed by atoms with van der Waals surface area (Å²) in [6.07, 6.45) is -0.249. The van der Waals surface area contributed by atoms with Crippen LogP contribution in [0.1, 0.15) is 51.3 Å². The lowest BCUT2D eigenvalue weighted by atomic mass is 9.58. The molecule has 1 N–H and O–H groups in total. The molecule has 34 heavy (non-hydrogen) atoms. The number of allylic oxidation sites excluding steroid dienone is 2. The highest BCUT2D eigenvalue weighted by atomic mass is 19.4. The molecule has 1 aromatic carbocycles. The van der Waals surface area contributed by atoms with Crippen LogP contribution in [0.5, 0.6) is 0 Å². The SMILES string of the molecule is CCC1(c2cccc(-c3ccnc(C(F)(F)F)c3)c2)C2=CN=NC2NC2=C1C(=O)CC(C)(C)C2. The highest BCUT2D eigenvalue weighted by molar-refractivity contribution is 6.01. The van der Waals surface area contributed by atoms with Gasteiger partial charge in [0.25, 0.3) is 0 Å². The van der Waals surface area contributed by atoms with Crippen molar-refractivity contribution in [2.45, 2.75) is 57.8 Å². The first-order valence-corrected chi connectivity index (χ1v) is 11.3. The molecule has 1 aromatic heterocycles. The summed E-state index contributed by atoms with van der Waals surface area (Å²) < 4.78 is 39.8. The fraction of sp³-hybridized carbons (Fsp3) is 0.385. The van der Waals surface area contributed by atoms with E-state index in [0.29, 0.717) is 30.4 Å². The molecular formula is C26H25F3N4O. The molecule has 5 rings (SSSR count). The number of azo groups is 1. The van der Waals surface area contributed by atoms with Gasteiger partial charge in [-0.25, -0.2) is 0 Å². The highest BCUT2D eigenvalue weighted by Crippen LogP contribution is 2.54. The first-order valence-electron chi connectivity index (χ1n) is 11.3. The zero-order valence-corrected chi connectivity index (χ0v) is 19.2. The number of carbonyl (C=O) groups is 1. The second-order valence-corrected chi connectivity index (χ2v) is 9.92. The van der Waals surface area contributed by atoms with Gasteiger partial charge in [0.05, 0.1) is 11.6 Å². The van der Waals surface area contributed by atoms with E-state index in [9.17, 15) is 18.0 Å². The van der Waals surface area contributed by atoms with E-state index >= 15 is 0 Å². The molecule has 3 aliphatic rings. The number of pyridine rings is 1. The summed E-state index contributed by atoms with van der Waals surface area (Å²) in [6, 6.07) is 10.1. The topological polar surface area (TPSA) is 66.7 Å². The van der Waals surface area contributed by atoms with E-state index in [1.807, 2.05) is 25.1 Å². The zero-order valence-electron chi connectivity index (χ0n) is 19.2. The Morgan fingerprint density at radius 2 is 1.88 bits per heavy atom. The molecule has 8 heteroatoms.